The van der Waals surface area contributed by atoms with Gasteiger partial charge in [0.05, 0.1) is 22.9 Å². The average Bonchev–Trinajstić information content (AvgIpc) is 3.18. The molecule has 140 valence electrons. The number of para-hydroxylation sites is 1. The summed E-state index contributed by atoms with van der Waals surface area (Å²) in [5.41, 5.74) is 1.49. The molecule has 2 heterocycles. The van der Waals surface area contributed by atoms with Crippen molar-refractivity contribution in [2.24, 2.45) is 0 Å². The fraction of sp³-hybridized carbons (Fsp3) is 0.0952. The lowest BCUT2D eigenvalue weighted by atomic mass is 10.2. The summed E-state index contributed by atoms with van der Waals surface area (Å²) >= 11 is 7.33. The number of thioether (sulfide) groups is 1. The quantitative estimate of drug-likeness (QED) is 0.249. The van der Waals surface area contributed by atoms with E-state index in [2.05, 4.69) is 16.5 Å². The number of halogens is 1. The SMILES string of the molecule is C=CCn1c(SCc2ncc(-c3ccc(Cl)cc3)o2)nc2ccccc2c1=O. The first-order valence-electron chi connectivity index (χ1n) is 8.59. The highest BCUT2D eigenvalue weighted by atomic mass is 35.5. The fourth-order valence-corrected chi connectivity index (χ4v) is 3.79. The summed E-state index contributed by atoms with van der Waals surface area (Å²) in [5, 5.41) is 1.87. The maximum absolute atomic E-state index is 12.8. The van der Waals surface area contributed by atoms with Crippen LogP contribution in [0.4, 0.5) is 0 Å². The van der Waals surface area contributed by atoms with E-state index in [0.29, 0.717) is 45.0 Å². The zero-order valence-corrected chi connectivity index (χ0v) is 16.4. The number of aromatic nitrogens is 3. The molecule has 0 saturated carbocycles. The third-order valence-electron chi connectivity index (χ3n) is 4.15. The van der Waals surface area contributed by atoms with Crippen molar-refractivity contribution in [3.05, 3.63) is 88.6 Å². The number of hydrogen-bond donors (Lipinski definition) is 0. The maximum Gasteiger partial charge on any atom is 0.262 e. The van der Waals surface area contributed by atoms with Crippen LogP contribution in [-0.2, 0) is 12.3 Å². The molecular weight excluding hydrogens is 394 g/mol. The van der Waals surface area contributed by atoms with Crippen LogP contribution in [0.3, 0.4) is 0 Å². The van der Waals surface area contributed by atoms with Crippen molar-refractivity contribution in [3.63, 3.8) is 0 Å². The van der Waals surface area contributed by atoms with Crippen molar-refractivity contribution in [1.29, 1.82) is 0 Å². The van der Waals surface area contributed by atoms with Crippen LogP contribution in [0.1, 0.15) is 5.89 Å². The van der Waals surface area contributed by atoms with E-state index >= 15 is 0 Å². The summed E-state index contributed by atoms with van der Waals surface area (Å²) in [4.78, 5) is 21.8. The van der Waals surface area contributed by atoms with E-state index in [1.165, 1.54) is 11.8 Å². The minimum absolute atomic E-state index is 0.0812. The van der Waals surface area contributed by atoms with Crippen LogP contribution < -0.4 is 5.56 Å². The molecule has 7 heteroatoms. The van der Waals surface area contributed by atoms with E-state index in [-0.39, 0.29) is 5.56 Å². The minimum Gasteiger partial charge on any atom is -0.440 e. The number of rotatable bonds is 6. The van der Waals surface area contributed by atoms with Gasteiger partial charge in [-0.1, -0.05) is 41.6 Å². The number of allylic oxidation sites excluding steroid dienone is 1. The Kier molecular flexibility index (Phi) is 5.32. The largest absolute Gasteiger partial charge is 0.440 e. The van der Waals surface area contributed by atoms with E-state index < -0.39 is 0 Å². The zero-order valence-electron chi connectivity index (χ0n) is 14.8. The van der Waals surface area contributed by atoms with Gasteiger partial charge in [0.2, 0.25) is 5.89 Å². The molecule has 0 aliphatic carbocycles. The lowest BCUT2D eigenvalue weighted by Crippen LogP contribution is -2.22. The molecule has 0 unspecified atom stereocenters. The van der Waals surface area contributed by atoms with Gasteiger partial charge in [0.25, 0.3) is 5.56 Å². The summed E-state index contributed by atoms with van der Waals surface area (Å²) in [6.07, 6.45) is 3.37. The van der Waals surface area contributed by atoms with Gasteiger partial charge in [-0.05, 0) is 36.4 Å². The maximum atomic E-state index is 12.8. The summed E-state index contributed by atoms with van der Waals surface area (Å²) in [7, 11) is 0. The van der Waals surface area contributed by atoms with Crippen molar-refractivity contribution in [3.8, 4) is 11.3 Å². The highest BCUT2D eigenvalue weighted by molar-refractivity contribution is 7.98. The minimum atomic E-state index is -0.0812. The molecule has 5 nitrogen and oxygen atoms in total. The second-order valence-corrected chi connectivity index (χ2v) is 7.41. The van der Waals surface area contributed by atoms with Crippen LogP contribution >= 0.6 is 23.4 Å². The Morgan fingerprint density at radius 1 is 1.18 bits per heavy atom. The lowest BCUT2D eigenvalue weighted by molar-refractivity contribution is 0.529. The molecule has 0 N–H and O–H groups in total. The summed E-state index contributed by atoms with van der Waals surface area (Å²) < 4.78 is 7.45. The Morgan fingerprint density at radius 3 is 2.75 bits per heavy atom. The molecule has 0 fully saturated rings. The Bertz CT molecular complexity index is 1200. The molecule has 0 radical (unpaired) electrons. The van der Waals surface area contributed by atoms with Crippen molar-refractivity contribution in [2.45, 2.75) is 17.5 Å². The topological polar surface area (TPSA) is 60.9 Å². The van der Waals surface area contributed by atoms with E-state index in [0.717, 1.165) is 5.56 Å². The Hall–Kier alpha value is -2.83. The van der Waals surface area contributed by atoms with Crippen molar-refractivity contribution in [1.82, 2.24) is 14.5 Å². The van der Waals surface area contributed by atoms with Crippen molar-refractivity contribution >= 4 is 34.3 Å². The zero-order chi connectivity index (χ0) is 19.5. The molecule has 4 rings (SSSR count). The molecule has 4 aromatic rings. The molecule has 0 bridgehead atoms. The Morgan fingerprint density at radius 2 is 1.96 bits per heavy atom. The monoisotopic (exact) mass is 409 g/mol. The molecule has 0 amide bonds. The standard InChI is InChI=1S/C21H16ClN3O2S/c1-2-11-25-20(26)16-5-3-4-6-17(16)24-21(25)28-13-19-23-12-18(27-19)14-7-9-15(22)10-8-14/h2-10,12H,1,11,13H2. The van der Waals surface area contributed by atoms with Crippen LogP contribution in [0.15, 0.2) is 81.8 Å². The number of hydrogen-bond acceptors (Lipinski definition) is 5. The van der Waals surface area contributed by atoms with E-state index in [4.69, 9.17) is 16.0 Å². The first kappa shape index (κ1) is 18.5. The molecular formula is C21H16ClN3O2S. The van der Waals surface area contributed by atoms with Crippen LogP contribution in [0, 0.1) is 0 Å². The number of oxazole rings is 1. The van der Waals surface area contributed by atoms with Gasteiger partial charge < -0.3 is 4.42 Å². The van der Waals surface area contributed by atoms with Crippen LogP contribution in [0.25, 0.3) is 22.2 Å². The normalized spacial score (nSPS) is 11.0. The van der Waals surface area contributed by atoms with Gasteiger partial charge in [0.15, 0.2) is 10.9 Å². The molecule has 28 heavy (non-hydrogen) atoms. The Balaban J connectivity index is 1.60. The smallest absolute Gasteiger partial charge is 0.262 e. The highest BCUT2D eigenvalue weighted by Gasteiger charge is 2.13. The number of fused-ring (bicyclic) bond motifs is 1. The summed E-state index contributed by atoms with van der Waals surface area (Å²) in [6.45, 7) is 4.13. The first-order chi connectivity index (χ1) is 13.7. The van der Waals surface area contributed by atoms with Gasteiger partial charge in [-0.3, -0.25) is 9.36 Å². The Labute approximate surface area is 170 Å². The highest BCUT2D eigenvalue weighted by Crippen LogP contribution is 2.26. The molecule has 0 atom stereocenters. The van der Waals surface area contributed by atoms with Crippen molar-refractivity contribution in [2.75, 3.05) is 0 Å². The third kappa shape index (κ3) is 3.74. The van der Waals surface area contributed by atoms with E-state index in [9.17, 15) is 4.79 Å². The molecule has 2 aromatic heterocycles. The third-order valence-corrected chi connectivity index (χ3v) is 5.36. The number of benzene rings is 2. The van der Waals surface area contributed by atoms with E-state index in [1.807, 2.05) is 30.3 Å². The van der Waals surface area contributed by atoms with Gasteiger partial charge in [0.1, 0.15) is 0 Å². The number of nitrogens with zero attached hydrogens (tertiary/aromatic N) is 3. The molecule has 0 spiro atoms. The predicted molar refractivity (Wildman–Crippen MR) is 113 cm³/mol. The summed E-state index contributed by atoms with van der Waals surface area (Å²) in [5.74, 6) is 1.68. The molecule has 0 saturated heterocycles. The van der Waals surface area contributed by atoms with Crippen LogP contribution in [-0.4, -0.2) is 14.5 Å². The lowest BCUT2D eigenvalue weighted by Gasteiger charge is -2.10. The average molecular weight is 410 g/mol. The first-order valence-corrected chi connectivity index (χ1v) is 9.96. The second kappa shape index (κ2) is 8.04. The predicted octanol–water partition coefficient (Wildman–Crippen LogP) is 5.18. The van der Waals surface area contributed by atoms with Crippen LogP contribution in [0.5, 0.6) is 0 Å². The fourth-order valence-electron chi connectivity index (χ4n) is 2.80. The molecule has 2 aromatic carbocycles. The molecule has 0 aliphatic rings. The van der Waals surface area contributed by atoms with Gasteiger partial charge in [-0.15, -0.1) is 6.58 Å². The van der Waals surface area contributed by atoms with Crippen LogP contribution in [0.2, 0.25) is 5.02 Å². The van der Waals surface area contributed by atoms with Gasteiger partial charge in [-0.25, -0.2) is 9.97 Å². The van der Waals surface area contributed by atoms with E-state index in [1.54, 1.807) is 35.0 Å². The summed E-state index contributed by atoms with van der Waals surface area (Å²) in [6, 6.07) is 14.7. The van der Waals surface area contributed by atoms with Gasteiger partial charge in [-0.2, -0.15) is 0 Å². The van der Waals surface area contributed by atoms with Gasteiger partial charge in [0, 0.05) is 17.1 Å². The second-order valence-electron chi connectivity index (χ2n) is 6.03. The van der Waals surface area contributed by atoms with Crippen molar-refractivity contribution < 1.29 is 4.42 Å². The van der Waals surface area contributed by atoms with Gasteiger partial charge >= 0.3 is 0 Å². The molecule has 0 aliphatic heterocycles.